The number of benzene rings is 2. The van der Waals surface area contributed by atoms with E-state index in [1.807, 2.05) is 24.3 Å². The van der Waals surface area contributed by atoms with Crippen LogP contribution in [0.1, 0.15) is 18.4 Å². The van der Waals surface area contributed by atoms with Crippen molar-refractivity contribution in [1.82, 2.24) is 9.78 Å². The molecule has 0 bridgehead atoms. The molecule has 3 rings (SSSR count). The van der Waals surface area contributed by atoms with Crippen molar-refractivity contribution in [3.63, 3.8) is 0 Å². The number of nitrogens with zero attached hydrogens (tertiary/aromatic N) is 2. The van der Waals surface area contributed by atoms with Gasteiger partial charge in [0.25, 0.3) is 5.56 Å². The van der Waals surface area contributed by atoms with Crippen molar-refractivity contribution in [2.45, 2.75) is 26.3 Å². The van der Waals surface area contributed by atoms with Gasteiger partial charge in [0.2, 0.25) is 5.91 Å². The monoisotopic (exact) mass is 443 g/mol. The Kier molecular flexibility index (Phi) is 6.36. The van der Waals surface area contributed by atoms with E-state index in [9.17, 15) is 14.0 Å². The van der Waals surface area contributed by atoms with Gasteiger partial charge in [-0.1, -0.05) is 34.1 Å². The summed E-state index contributed by atoms with van der Waals surface area (Å²) < 4.78 is 15.9. The topological polar surface area (TPSA) is 64.0 Å². The van der Waals surface area contributed by atoms with Gasteiger partial charge in [-0.25, -0.2) is 9.07 Å². The van der Waals surface area contributed by atoms with Crippen molar-refractivity contribution in [1.29, 1.82) is 0 Å². The summed E-state index contributed by atoms with van der Waals surface area (Å²) in [6.07, 6.45) is 0.642. The Bertz CT molecular complexity index is 1050. The summed E-state index contributed by atoms with van der Waals surface area (Å²) in [7, 11) is 0. The van der Waals surface area contributed by atoms with Crippen LogP contribution in [0.2, 0.25) is 0 Å². The van der Waals surface area contributed by atoms with Crippen LogP contribution in [-0.4, -0.2) is 15.7 Å². The number of anilines is 1. The van der Waals surface area contributed by atoms with Crippen molar-refractivity contribution in [3.8, 4) is 11.3 Å². The summed E-state index contributed by atoms with van der Waals surface area (Å²) in [6.45, 7) is 1.98. The van der Waals surface area contributed by atoms with Crippen molar-refractivity contribution in [2.75, 3.05) is 5.32 Å². The molecule has 0 atom stereocenters. The third-order valence-electron chi connectivity index (χ3n) is 4.24. The van der Waals surface area contributed by atoms with E-state index in [0.29, 0.717) is 29.9 Å². The van der Waals surface area contributed by atoms with Crippen molar-refractivity contribution >= 4 is 27.5 Å². The number of aromatic nitrogens is 2. The molecule has 0 spiro atoms. The molecular weight excluding hydrogens is 425 g/mol. The van der Waals surface area contributed by atoms with Gasteiger partial charge in [0.1, 0.15) is 5.82 Å². The Morgan fingerprint density at radius 2 is 1.89 bits per heavy atom. The first-order chi connectivity index (χ1) is 13.4. The van der Waals surface area contributed by atoms with E-state index in [-0.39, 0.29) is 23.7 Å². The van der Waals surface area contributed by atoms with Crippen LogP contribution in [0.25, 0.3) is 11.3 Å². The number of carbonyl (C=O) groups excluding carboxylic acids is 1. The molecule has 0 aliphatic heterocycles. The fourth-order valence-corrected chi connectivity index (χ4v) is 2.93. The molecule has 5 nitrogen and oxygen atoms in total. The van der Waals surface area contributed by atoms with Crippen molar-refractivity contribution in [2.24, 2.45) is 0 Å². The normalized spacial score (nSPS) is 10.7. The number of hydrogen-bond acceptors (Lipinski definition) is 3. The first-order valence-corrected chi connectivity index (χ1v) is 9.62. The molecule has 0 aliphatic rings. The van der Waals surface area contributed by atoms with E-state index >= 15 is 0 Å². The Morgan fingerprint density at radius 1 is 1.14 bits per heavy atom. The molecule has 2 aromatic carbocycles. The maximum atomic E-state index is 13.5. The second kappa shape index (κ2) is 8.93. The molecule has 1 aromatic heterocycles. The molecule has 3 aromatic rings. The van der Waals surface area contributed by atoms with Crippen LogP contribution >= 0.6 is 15.9 Å². The molecule has 7 heteroatoms. The summed E-state index contributed by atoms with van der Waals surface area (Å²) in [5.74, 6) is -0.598. The SMILES string of the molecule is Cc1ccc(NC(=O)CCCn2nc(-c3ccc(Br)cc3)ccc2=O)cc1F. The number of halogens is 2. The van der Waals surface area contributed by atoms with Crippen LogP contribution in [0.5, 0.6) is 0 Å². The van der Waals surface area contributed by atoms with Gasteiger partial charge in [0, 0.05) is 34.8 Å². The number of nitrogens with one attached hydrogen (secondary N) is 1. The van der Waals surface area contributed by atoms with Gasteiger partial charge < -0.3 is 5.32 Å². The minimum Gasteiger partial charge on any atom is -0.326 e. The predicted molar refractivity (Wildman–Crippen MR) is 111 cm³/mol. The molecule has 1 N–H and O–H groups in total. The highest BCUT2D eigenvalue weighted by Gasteiger charge is 2.07. The van der Waals surface area contributed by atoms with E-state index in [2.05, 4.69) is 26.3 Å². The van der Waals surface area contributed by atoms with Gasteiger partial charge >= 0.3 is 0 Å². The lowest BCUT2D eigenvalue weighted by molar-refractivity contribution is -0.116. The highest BCUT2D eigenvalue weighted by molar-refractivity contribution is 9.10. The van der Waals surface area contributed by atoms with Crippen LogP contribution in [0.3, 0.4) is 0 Å². The summed E-state index contributed by atoms with van der Waals surface area (Å²) in [5.41, 5.74) is 2.30. The molecule has 0 radical (unpaired) electrons. The second-order valence-electron chi connectivity index (χ2n) is 6.40. The fourth-order valence-electron chi connectivity index (χ4n) is 2.67. The lowest BCUT2D eigenvalue weighted by atomic mass is 10.1. The number of hydrogen-bond donors (Lipinski definition) is 1. The third kappa shape index (κ3) is 5.13. The molecule has 0 aliphatic carbocycles. The standard InChI is InChI=1S/C21H19BrFN3O2/c1-14-4-9-17(13-18(14)23)24-20(27)3-2-12-26-21(28)11-10-19(25-26)15-5-7-16(22)8-6-15/h4-11,13H,2-3,12H2,1H3,(H,24,27). The highest BCUT2D eigenvalue weighted by Crippen LogP contribution is 2.19. The third-order valence-corrected chi connectivity index (χ3v) is 4.76. The minimum atomic E-state index is -0.363. The van der Waals surface area contributed by atoms with Crippen LogP contribution in [0.4, 0.5) is 10.1 Å². The van der Waals surface area contributed by atoms with Gasteiger partial charge in [0.05, 0.1) is 5.69 Å². The second-order valence-corrected chi connectivity index (χ2v) is 7.32. The van der Waals surface area contributed by atoms with E-state index in [1.54, 1.807) is 25.1 Å². The van der Waals surface area contributed by atoms with Crippen LogP contribution < -0.4 is 10.9 Å². The Labute approximate surface area is 170 Å². The van der Waals surface area contributed by atoms with Crippen LogP contribution in [0.15, 0.2) is 63.9 Å². The van der Waals surface area contributed by atoms with Gasteiger partial charge in [-0.2, -0.15) is 5.10 Å². The van der Waals surface area contributed by atoms with E-state index < -0.39 is 0 Å². The minimum absolute atomic E-state index is 0.201. The molecule has 0 saturated heterocycles. The molecule has 144 valence electrons. The average molecular weight is 444 g/mol. The number of carbonyl (C=O) groups is 1. The number of rotatable bonds is 6. The van der Waals surface area contributed by atoms with Gasteiger partial charge in [-0.05, 0) is 49.2 Å². The average Bonchev–Trinajstić information content (AvgIpc) is 2.67. The molecule has 1 amide bonds. The number of aryl methyl sites for hydroxylation is 2. The number of amides is 1. The van der Waals surface area contributed by atoms with Crippen LogP contribution in [-0.2, 0) is 11.3 Å². The van der Waals surface area contributed by atoms with E-state index in [0.717, 1.165) is 10.0 Å². The van der Waals surface area contributed by atoms with E-state index in [4.69, 9.17) is 0 Å². The van der Waals surface area contributed by atoms with Crippen molar-refractivity contribution in [3.05, 3.63) is 80.8 Å². The zero-order valence-corrected chi connectivity index (χ0v) is 16.9. The smallest absolute Gasteiger partial charge is 0.266 e. The molecular formula is C21H19BrFN3O2. The van der Waals surface area contributed by atoms with Gasteiger partial charge in [-0.3, -0.25) is 9.59 Å². The summed E-state index contributed by atoms with van der Waals surface area (Å²) in [4.78, 5) is 24.1. The summed E-state index contributed by atoms with van der Waals surface area (Å²) in [6, 6.07) is 15.4. The zero-order valence-electron chi connectivity index (χ0n) is 15.3. The predicted octanol–water partition coefficient (Wildman–Crippen LogP) is 4.54. The summed E-state index contributed by atoms with van der Waals surface area (Å²) in [5, 5.41) is 7.04. The maximum absolute atomic E-state index is 13.5. The lowest BCUT2D eigenvalue weighted by Crippen LogP contribution is -2.23. The zero-order chi connectivity index (χ0) is 20.1. The van der Waals surface area contributed by atoms with Gasteiger partial charge in [-0.15, -0.1) is 0 Å². The lowest BCUT2D eigenvalue weighted by Gasteiger charge is -2.08. The maximum Gasteiger partial charge on any atom is 0.266 e. The Balaban J connectivity index is 1.60. The molecule has 0 unspecified atom stereocenters. The summed E-state index contributed by atoms with van der Waals surface area (Å²) >= 11 is 3.39. The first kappa shape index (κ1) is 19.9. The molecule has 0 saturated carbocycles. The largest absolute Gasteiger partial charge is 0.326 e. The molecule has 1 heterocycles. The quantitative estimate of drug-likeness (QED) is 0.607. The van der Waals surface area contributed by atoms with Gasteiger partial charge in [0.15, 0.2) is 0 Å². The molecule has 28 heavy (non-hydrogen) atoms. The highest BCUT2D eigenvalue weighted by atomic mass is 79.9. The van der Waals surface area contributed by atoms with Crippen molar-refractivity contribution < 1.29 is 9.18 Å². The fraction of sp³-hybridized carbons (Fsp3) is 0.190. The Morgan fingerprint density at radius 3 is 2.61 bits per heavy atom. The Hall–Kier alpha value is -2.80. The molecule has 0 fully saturated rings. The van der Waals surface area contributed by atoms with Crippen LogP contribution in [0, 0.1) is 12.7 Å². The van der Waals surface area contributed by atoms with E-state index in [1.165, 1.54) is 16.8 Å². The first-order valence-electron chi connectivity index (χ1n) is 8.82.